The molecule has 3 aromatic carbocycles. The molecule has 1 atom stereocenters. The number of rotatable bonds is 8. The second-order valence-electron chi connectivity index (χ2n) is 9.77. The quantitative estimate of drug-likeness (QED) is 0.484. The molecule has 0 aromatic heterocycles. The van der Waals surface area contributed by atoms with Crippen LogP contribution in [0.4, 0.5) is 5.69 Å². The summed E-state index contributed by atoms with van der Waals surface area (Å²) in [4.78, 5) is 28.0. The van der Waals surface area contributed by atoms with E-state index in [0.717, 1.165) is 49.5 Å². The van der Waals surface area contributed by atoms with Crippen LogP contribution in [0.2, 0.25) is 0 Å². The fourth-order valence-electron chi connectivity index (χ4n) is 4.97. The minimum atomic E-state index is -0.564. The summed E-state index contributed by atoms with van der Waals surface area (Å²) in [6.07, 6.45) is 2.08. The fraction of sp³-hybridized carbons (Fsp3) is 0.333. The second kappa shape index (κ2) is 11.5. The number of fused-ring (bicyclic) bond motifs is 1. The number of piperidine rings is 1. The Hall–Kier alpha value is -3.84. The zero-order valence-electron chi connectivity index (χ0n) is 21.1. The van der Waals surface area contributed by atoms with Gasteiger partial charge in [-0.1, -0.05) is 36.4 Å². The summed E-state index contributed by atoms with van der Waals surface area (Å²) < 4.78 is 11.0. The number of methoxy groups -OCH3 is 1. The third-order valence-electron chi connectivity index (χ3n) is 7.16. The molecule has 7 heteroatoms. The number of carbonyl (C=O) groups excluding carboxylic acids is 2. The summed E-state index contributed by atoms with van der Waals surface area (Å²) in [7, 11) is 1.68. The first-order valence-corrected chi connectivity index (χ1v) is 12.9. The van der Waals surface area contributed by atoms with E-state index in [-0.39, 0.29) is 11.8 Å². The summed E-state index contributed by atoms with van der Waals surface area (Å²) in [5.74, 6) is 1.75. The number of anilines is 1. The molecule has 1 fully saturated rings. The summed E-state index contributed by atoms with van der Waals surface area (Å²) in [6.45, 7) is 3.61. The lowest BCUT2D eigenvalue weighted by molar-refractivity contribution is -0.122. The van der Waals surface area contributed by atoms with Crippen molar-refractivity contribution in [3.63, 3.8) is 0 Å². The highest BCUT2D eigenvalue weighted by molar-refractivity contribution is 5.98. The lowest BCUT2D eigenvalue weighted by atomic mass is 9.96. The van der Waals surface area contributed by atoms with Gasteiger partial charge in [-0.15, -0.1) is 0 Å². The van der Waals surface area contributed by atoms with Crippen LogP contribution < -0.4 is 20.1 Å². The number of hydrogen-bond acceptors (Lipinski definition) is 5. The van der Waals surface area contributed by atoms with E-state index >= 15 is 0 Å². The van der Waals surface area contributed by atoms with E-state index in [1.165, 1.54) is 5.56 Å². The molecule has 0 bridgehead atoms. The lowest BCUT2D eigenvalue weighted by Gasteiger charge is -2.32. The summed E-state index contributed by atoms with van der Waals surface area (Å²) in [6, 6.07) is 23.0. The minimum absolute atomic E-state index is 0.124. The Morgan fingerprint density at radius 3 is 2.54 bits per heavy atom. The molecule has 192 valence electrons. The van der Waals surface area contributed by atoms with Crippen LogP contribution in [-0.2, 0) is 17.8 Å². The van der Waals surface area contributed by atoms with Crippen molar-refractivity contribution >= 4 is 17.5 Å². The van der Waals surface area contributed by atoms with E-state index in [4.69, 9.17) is 9.47 Å². The standard InChI is InChI=1S/C30H33N3O4/c1-36-26-11-9-22(10-12-26)20-33-15-13-21(14-16-33)19-31-29(34)24-6-4-7-25(17-24)32-30(35)28-18-23-5-2-3-8-27(23)37-28/h2-12,17,21,28H,13-16,18-20H2,1H3,(H,31,34)(H,32,35). The van der Waals surface area contributed by atoms with Crippen LogP contribution in [0.25, 0.3) is 0 Å². The largest absolute Gasteiger partial charge is 0.497 e. The predicted molar refractivity (Wildman–Crippen MR) is 143 cm³/mol. The number of carbonyl (C=O) groups is 2. The number of ether oxygens (including phenoxy) is 2. The van der Waals surface area contributed by atoms with Crippen LogP contribution in [0.1, 0.15) is 34.3 Å². The molecule has 2 aliphatic rings. The molecule has 37 heavy (non-hydrogen) atoms. The molecule has 2 aliphatic heterocycles. The van der Waals surface area contributed by atoms with Gasteiger partial charge in [0.15, 0.2) is 6.10 Å². The number of amides is 2. The maximum absolute atomic E-state index is 12.8. The van der Waals surface area contributed by atoms with Gasteiger partial charge >= 0.3 is 0 Å². The van der Waals surface area contributed by atoms with Crippen molar-refractivity contribution in [1.29, 1.82) is 0 Å². The highest BCUT2D eigenvalue weighted by Gasteiger charge is 2.29. The number of nitrogens with one attached hydrogen (secondary N) is 2. The Morgan fingerprint density at radius 2 is 1.78 bits per heavy atom. The summed E-state index contributed by atoms with van der Waals surface area (Å²) in [5.41, 5.74) is 3.43. The van der Waals surface area contributed by atoms with E-state index in [1.54, 1.807) is 31.4 Å². The molecule has 2 heterocycles. The molecule has 1 unspecified atom stereocenters. The maximum Gasteiger partial charge on any atom is 0.265 e. The van der Waals surface area contributed by atoms with E-state index < -0.39 is 6.10 Å². The van der Waals surface area contributed by atoms with Gasteiger partial charge in [0.05, 0.1) is 7.11 Å². The molecule has 7 nitrogen and oxygen atoms in total. The molecule has 5 rings (SSSR count). The van der Waals surface area contributed by atoms with Crippen LogP contribution in [0, 0.1) is 5.92 Å². The lowest BCUT2D eigenvalue weighted by Crippen LogP contribution is -2.38. The average molecular weight is 500 g/mol. The molecular formula is C30H33N3O4. The summed E-state index contributed by atoms with van der Waals surface area (Å²) in [5, 5.41) is 5.98. The molecule has 0 radical (unpaired) electrons. The number of hydrogen-bond donors (Lipinski definition) is 2. The molecule has 0 aliphatic carbocycles. The number of likely N-dealkylation sites (tertiary alicyclic amines) is 1. The maximum atomic E-state index is 12.8. The highest BCUT2D eigenvalue weighted by Crippen LogP contribution is 2.29. The van der Waals surface area contributed by atoms with Crippen LogP contribution >= 0.6 is 0 Å². The Morgan fingerprint density at radius 1 is 1.00 bits per heavy atom. The van der Waals surface area contributed by atoms with Crippen molar-refractivity contribution in [2.75, 3.05) is 32.1 Å². The van der Waals surface area contributed by atoms with Crippen molar-refractivity contribution in [2.24, 2.45) is 5.92 Å². The van der Waals surface area contributed by atoms with Gasteiger partial charge in [0.25, 0.3) is 11.8 Å². The van der Waals surface area contributed by atoms with Crippen molar-refractivity contribution in [1.82, 2.24) is 10.2 Å². The molecule has 1 saturated heterocycles. The smallest absolute Gasteiger partial charge is 0.265 e. The topological polar surface area (TPSA) is 79.9 Å². The number of nitrogens with zero attached hydrogens (tertiary/aromatic N) is 1. The normalized spacial score (nSPS) is 17.5. The van der Waals surface area contributed by atoms with Crippen LogP contribution in [0.15, 0.2) is 72.8 Å². The van der Waals surface area contributed by atoms with Gasteiger partial charge in [0, 0.05) is 30.8 Å². The van der Waals surface area contributed by atoms with Crippen LogP contribution in [0.3, 0.4) is 0 Å². The van der Waals surface area contributed by atoms with E-state index in [9.17, 15) is 9.59 Å². The minimum Gasteiger partial charge on any atom is -0.497 e. The highest BCUT2D eigenvalue weighted by atomic mass is 16.5. The molecule has 2 N–H and O–H groups in total. The monoisotopic (exact) mass is 499 g/mol. The Balaban J connectivity index is 1.06. The molecule has 3 aromatic rings. The van der Waals surface area contributed by atoms with E-state index in [1.807, 2.05) is 36.4 Å². The Bertz CT molecular complexity index is 1210. The molecule has 0 saturated carbocycles. The molecular weight excluding hydrogens is 466 g/mol. The average Bonchev–Trinajstić information content (AvgIpc) is 3.38. The first-order chi connectivity index (χ1) is 18.1. The second-order valence-corrected chi connectivity index (χ2v) is 9.77. The third-order valence-corrected chi connectivity index (χ3v) is 7.16. The van der Waals surface area contributed by atoms with Crippen LogP contribution in [0.5, 0.6) is 11.5 Å². The van der Waals surface area contributed by atoms with Crippen molar-refractivity contribution in [3.8, 4) is 11.5 Å². The SMILES string of the molecule is COc1ccc(CN2CCC(CNC(=O)c3cccc(NC(=O)C4Cc5ccccc5O4)c3)CC2)cc1. The van der Waals surface area contributed by atoms with Gasteiger partial charge < -0.3 is 20.1 Å². The van der Waals surface area contributed by atoms with Crippen molar-refractivity contribution in [3.05, 3.63) is 89.5 Å². The Labute approximate surface area is 217 Å². The zero-order valence-corrected chi connectivity index (χ0v) is 21.1. The zero-order chi connectivity index (χ0) is 25.6. The Kier molecular flexibility index (Phi) is 7.70. The number of para-hydroxylation sites is 1. The number of benzene rings is 3. The fourth-order valence-corrected chi connectivity index (χ4v) is 4.97. The van der Waals surface area contributed by atoms with E-state index in [2.05, 4.69) is 27.7 Å². The first-order valence-electron chi connectivity index (χ1n) is 12.9. The van der Waals surface area contributed by atoms with Crippen LogP contribution in [-0.4, -0.2) is 49.6 Å². The van der Waals surface area contributed by atoms with E-state index in [0.29, 0.717) is 30.1 Å². The molecule has 2 amide bonds. The third kappa shape index (κ3) is 6.30. The van der Waals surface area contributed by atoms with Gasteiger partial charge in [-0.2, -0.15) is 0 Å². The predicted octanol–water partition coefficient (Wildman–Crippen LogP) is 4.28. The van der Waals surface area contributed by atoms with Gasteiger partial charge in [-0.25, -0.2) is 0 Å². The van der Waals surface area contributed by atoms with Crippen molar-refractivity contribution < 1.29 is 19.1 Å². The first kappa shape index (κ1) is 24.8. The van der Waals surface area contributed by atoms with Gasteiger partial charge in [-0.3, -0.25) is 14.5 Å². The molecule has 0 spiro atoms. The van der Waals surface area contributed by atoms with Gasteiger partial charge in [0.1, 0.15) is 11.5 Å². The van der Waals surface area contributed by atoms with Gasteiger partial charge in [0.2, 0.25) is 0 Å². The van der Waals surface area contributed by atoms with Gasteiger partial charge in [-0.05, 0) is 79.4 Å². The summed E-state index contributed by atoms with van der Waals surface area (Å²) >= 11 is 0. The van der Waals surface area contributed by atoms with Crippen molar-refractivity contribution in [2.45, 2.75) is 31.9 Å².